The van der Waals surface area contributed by atoms with Gasteiger partial charge in [0.2, 0.25) is 0 Å². The number of aromatic nitrogens is 1. The summed E-state index contributed by atoms with van der Waals surface area (Å²) in [5.74, 6) is 0. The zero-order valence-electron chi connectivity index (χ0n) is 10.4. The van der Waals surface area contributed by atoms with Crippen molar-refractivity contribution in [2.75, 3.05) is 0 Å². The molecule has 17 heavy (non-hydrogen) atoms. The molecule has 1 aliphatic rings. The number of nitrogens with zero attached hydrogens (tertiary/aromatic N) is 1. The van der Waals surface area contributed by atoms with Crippen LogP contribution in [0.4, 0.5) is 0 Å². The minimum absolute atomic E-state index is 0.141. The highest BCUT2D eigenvalue weighted by Crippen LogP contribution is 2.32. The van der Waals surface area contributed by atoms with Crippen molar-refractivity contribution < 1.29 is 5.11 Å². The average Bonchev–Trinajstić information content (AvgIpc) is 2.71. The molecule has 1 aromatic carbocycles. The molecule has 0 atom stereocenters. The quantitative estimate of drug-likeness (QED) is 0.841. The van der Waals surface area contributed by atoms with Gasteiger partial charge in [-0.2, -0.15) is 0 Å². The summed E-state index contributed by atoms with van der Waals surface area (Å²) in [5, 5.41) is 10.6. The normalized spacial score (nSPS) is 15.2. The van der Waals surface area contributed by atoms with Crippen molar-refractivity contribution in [1.29, 1.82) is 0 Å². The van der Waals surface area contributed by atoms with E-state index in [4.69, 9.17) is 0 Å². The summed E-state index contributed by atoms with van der Waals surface area (Å²) in [5.41, 5.74) is 5.43. The molecule has 3 rings (SSSR count). The zero-order valence-corrected chi connectivity index (χ0v) is 10.4. The Morgan fingerprint density at radius 3 is 2.82 bits per heavy atom. The smallest absolute Gasteiger partial charge is 0.0682 e. The molecule has 1 N–H and O–H groups in total. The summed E-state index contributed by atoms with van der Waals surface area (Å²) in [6, 6.07) is 6.38. The molecule has 0 saturated heterocycles. The van der Waals surface area contributed by atoms with Crippen molar-refractivity contribution in [2.45, 2.75) is 45.8 Å². The highest BCUT2D eigenvalue weighted by Gasteiger charge is 2.19. The Bertz CT molecular complexity index is 554. The number of rotatable bonds is 2. The summed E-state index contributed by atoms with van der Waals surface area (Å²) >= 11 is 0. The van der Waals surface area contributed by atoms with E-state index in [0.717, 1.165) is 12.1 Å². The van der Waals surface area contributed by atoms with Gasteiger partial charge in [-0.15, -0.1) is 0 Å². The maximum atomic E-state index is 9.26. The number of benzene rings is 1. The number of fused-ring (bicyclic) bond motifs is 3. The molecule has 90 valence electrons. The Balaban J connectivity index is 2.31. The van der Waals surface area contributed by atoms with Gasteiger partial charge in [0, 0.05) is 23.1 Å². The molecular weight excluding hydrogens is 210 g/mol. The molecule has 0 saturated carbocycles. The standard InChI is InChI=1S/C15H19NO/c1-2-16-14-6-4-3-5-12(14)13-9-11(10-17)7-8-15(13)16/h7-9,17H,2-6,10H2,1H3. The van der Waals surface area contributed by atoms with Gasteiger partial charge in [0.25, 0.3) is 0 Å². The number of hydrogen-bond donors (Lipinski definition) is 1. The van der Waals surface area contributed by atoms with Gasteiger partial charge in [-0.25, -0.2) is 0 Å². The van der Waals surface area contributed by atoms with Crippen LogP contribution in [0.2, 0.25) is 0 Å². The highest BCUT2D eigenvalue weighted by atomic mass is 16.3. The second kappa shape index (κ2) is 4.19. The maximum Gasteiger partial charge on any atom is 0.0682 e. The third kappa shape index (κ3) is 1.59. The van der Waals surface area contributed by atoms with Crippen molar-refractivity contribution in [3.05, 3.63) is 35.0 Å². The van der Waals surface area contributed by atoms with Crippen LogP contribution in [0.3, 0.4) is 0 Å². The summed E-state index contributed by atoms with van der Waals surface area (Å²) in [4.78, 5) is 0. The molecule has 2 nitrogen and oxygen atoms in total. The predicted octanol–water partition coefficient (Wildman–Crippen LogP) is 3.03. The fourth-order valence-electron chi connectivity index (χ4n) is 3.14. The van der Waals surface area contributed by atoms with Gasteiger partial charge in [0.05, 0.1) is 6.61 Å². The lowest BCUT2D eigenvalue weighted by Crippen LogP contribution is -2.06. The topological polar surface area (TPSA) is 25.2 Å². The van der Waals surface area contributed by atoms with Crippen LogP contribution in [0.15, 0.2) is 18.2 Å². The average molecular weight is 229 g/mol. The van der Waals surface area contributed by atoms with E-state index in [1.165, 1.54) is 47.8 Å². The zero-order chi connectivity index (χ0) is 11.8. The molecule has 2 aromatic rings. The number of aliphatic hydroxyl groups excluding tert-OH is 1. The Morgan fingerprint density at radius 2 is 2.06 bits per heavy atom. The molecule has 0 aliphatic heterocycles. The first kappa shape index (κ1) is 10.8. The van der Waals surface area contributed by atoms with E-state index in [9.17, 15) is 5.11 Å². The van der Waals surface area contributed by atoms with Gasteiger partial charge in [0.1, 0.15) is 0 Å². The van der Waals surface area contributed by atoms with Crippen LogP contribution >= 0.6 is 0 Å². The van der Waals surface area contributed by atoms with Crippen LogP contribution in [0.5, 0.6) is 0 Å². The summed E-state index contributed by atoms with van der Waals surface area (Å²) in [6.45, 7) is 3.40. The third-order valence-corrected chi connectivity index (χ3v) is 3.94. The van der Waals surface area contributed by atoms with Crippen molar-refractivity contribution >= 4 is 10.9 Å². The van der Waals surface area contributed by atoms with Gasteiger partial charge >= 0.3 is 0 Å². The van der Waals surface area contributed by atoms with Gasteiger partial charge in [0.15, 0.2) is 0 Å². The Kier molecular flexibility index (Phi) is 2.67. The van der Waals surface area contributed by atoms with Crippen LogP contribution in [-0.4, -0.2) is 9.67 Å². The SMILES string of the molecule is CCn1c2c(c3cc(CO)ccc31)CCCC2. The lowest BCUT2D eigenvalue weighted by Gasteiger charge is -2.14. The van der Waals surface area contributed by atoms with Gasteiger partial charge in [-0.1, -0.05) is 6.07 Å². The van der Waals surface area contributed by atoms with Crippen molar-refractivity contribution in [3.8, 4) is 0 Å². The molecule has 2 heteroatoms. The van der Waals surface area contributed by atoms with Crippen LogP contribution in [0.1, 0.15) is 36.6 Å². The molecular formula is C15H19NO. The maximum absolute atomic E-state index is 9.26. The van der Waals surface area contributed by atoms with Crippen LogP contribution in [0.25, 0.3) is 10.9 Å². The molecule has 0 unspecified atom stereocenters. The second-order valence-electron chi connectivity index (χ2n) is 4.89. The van der Waals surface area contributed by atoms with Gasteiger partial charge in [-0.3, -0.25) is 0 Å². The largest absolute Gasteiger partial charge is 0.392 e. The van der Waals surface area contributed by atoms with E-state index < -0.39 is 0 Å². The minimum Gasteiger partial charge on any atom is -0.392 e. The fraction of sp³-hybridized carbons (Fsp3) is 0.467. The minimum atomic E-state index is 0.141. The molecule has 0 bridgehead atoms. The van der Waals surface area contributed by atoms with E-state index >= 15 is 0 Å². The molecule has 0 spiro atoms. The van der Waals surface area contributed by atoms with E-state index in [0.29, 0.717) is 0 Å². The van der Waals surface area contributed by atoms with E-state index in [1.807, 2.05) is 6.07 Å². The van der Waals surface area contributed by atoms with Crippen LogP contribution in [-0.2, 0) is 26.0 Å². The van der Waals surface area contributed by atoms with Gasteiger partial charge in [-0.05, 0) is 55.9 Å². The summed E-state index contributed by atoms with van der Waals surface area (Å²) in [7, 11) is 0. The van der Waals surface area contributed by atoms with Gasteiger partial charge < -0.3 is 9.67 Å². The number of hydrogen-bond acceptors (Lipinski definition) is 1. The number of aliphatic hydroxyl groups is 1. The lowest BCUT2D eigenvalue weighted by atomic mass is 9.95. The first-order valence-corrected chi connectivity index (χ1v) is 6.59. The Labute approximate surface area is 102 Å². The molecule has 1 aromatic heterocycles. The first-order chi connectivity index (χ1) is 8.35. The third-order valence-electron chi connectivity index (χ3n) is 3.94. The molecule has 0 fully saturated rings. The molecule has 1 heterocycles. The molecule has 0 radical (unpaired) electrons. The Hall–Kier alpha value is -1.28. The van der Waals surface area contributed by atoms with E-state index in [2.05, 4.69) is 23.6 Å². The molecule has 1 aliphatic carbocycles. The summed E-state index contributed by atoms with van der Waals surface area (Å²) in [6.07, 6.45) is 5.04. The van der Waals surface area contributed by atoms with Crippen molar-refractivity contribution in [3.63, 3.8) is 0 Å². The first-order valence-electron chi connectivity index (χ1n) is 6.59. The summed E-state index contributed by atoms with van der Waals surface area (Å²) < 4.78 is 2.45. The fourth-order valence-corrected chi connectivity index (χ4v) is 3.14. The second-order valence-corrected chi connectivity index (χ2v) is 4.89. The predicted molar refractivity (Wildman–Crippen MR) is 70.2 cm³/mol. The van der Waals surface area contributed by atoms with Crippen molar-refractivity contribution in [1.82, 2.24) is 4.57 Å². The van der Waals surface area contributed by atoms with E-state index in [1.54, 1.807) is 0 Å². The van der Waals surface area contributed by atoms with Crippen LogP contribution < -0.4 is 0 Å². The highest BCUT2D eigenvalue weighted by molar-refractivity contribution is 5.86. The lowest BCUT2D eigenvalue weighted by molar-refractivity contribution is 0.282. The monoisotopic (exact) mass is 229 g/mol. The Morgan fingerprint density at radius 1 is 1.24 bits per heavy atom. The van der Waals surface area contributed by atoms with Crippen LogP contribution in [0, 0.1) is 0 Å². The van der Waals surface area contributed by atoms with Crippen molar-refractivity contribution in [2.24, 2.45) is 0 Å². The molecule has 0 amide bonds. The number of aryl methyl sites for hydroxylation is 2. The van der Waals surface area contributed by atoms with E-state index in [-0.39, 0.29) is 6.61 Å².